The number of rotatable bonds is 6. The van der Waals surface area contributed by atoms with E-state index < -0.39 is 30.3 Å². The van der Waals surface area contributed by atoms with Crippen LogP contribution in [0, 0.1) is 19.8 Å². The first kappa shape index (κ1) is 24.3. The molecule has 0 aromatic carbocycles. The van der Waals surface area contributed by atoms with E-state index in [0.29, 0.717) is 23.9 Å². The molecule has 0 radical (unpaired) electrons. The van der Waals surface area contributed by atoms with E-state index >= 15 is 0 Å². The van der Waals surface area contributed by atoms with E-state index in [0.717, 1.165) is 52.2 Å². The molecule has 35 heavy (non-hydrogen) atoms. The summed E-state index contributed by atoms with van der Waals surface area (Å²) in [5.74, 6) is 0.468. The van der Waals surface area contributed by atoms with Crippen LogP contribution in [0.5, 0.6) is 0 Å². The molecule has 0 amide bonds. The molecule has 6 atom stereocenters. The number of hydrogen-bond donors (Lipinski definition) is 6. The number of aryl methyl sites for hydroxylation is 2. The number of fused-ring (bicyclic) bond motifs is 1. The van der Waals surface area contributed by atoms with Gasteiger partial charge in [0.25, 0.3) is 0 Å². The maximum absolute atomic E-state index is 10.6. The number of nitrogens with one attached hydrogen (secondary N) is 2. The molecular weight excluding hydrogens is 468 g/mol. The zero-order chi connectivity index (χ0) is 24.7. The SMILES string of the molecule is Cc1nc(N[C@@H]2CCCC[C@H]2O)nc(N[C@@H]2C[C@H](CO)[C@@H](O)[C@H]2O)c1-c1nc2c(C)nccc2s1. The molecule has 2 aliphatic carbocycles. The summed E-state index contributed by atoms with van der Waals surface area (Å²) in [4.78, 5) is 18.6. The maximum atomic E-state index is 10.6. The van der Waals surface area contributed by atoms with E-state index in [9.17, 15) is 20.4 Å². The minimum Gasteiger partial charge on any atom is -0.396 e. The molecule has 2 aliphatic rings. The van der Waals surface area contributed by atoms with E-state index in [2.05, 4.69) is 15.6 Å². The van der Waals surface area contributed by atoms with Gasteiger partial charge in [0.2, 0.25) is 5.95 Å². The molecule has 2 saturated carbocycles. The van der Waals surface area contributed by atoms with Gasteiger partial charge < -0.3 is 31.1 Å². The highest BCUT2D eigenvalue weighted by Crippen LogP contribution is 2.38. The zero-order valence-electron chi connectivity index (χ0n) is 19.8. The standard InChI is InChI=1S/C24H32N6O4S/c1-11-18(23-29-19-12(2)25-8-7-17(19)35-23)22(27-15-9-13(10-31)20(33)21(15)34)30-24(26-11)28-14-5-3-4-6-16(14)32/h7-8,13-16,20-21,31-34H,3-6,9-10H2,1-2H3,(H2,26,27,28,30)/t13-,14-,15-,16-,20-,21+/m1/s1. The molecule has 3 aromatic rings. The number of hydrogen-bond acceptors (Lipinski definition) is 11. The molecule has 10 nitrogen and oxygen atoms in total. The molecular formula is C24H32N6O4S. The number of aliphatic hydroxyl groups excluding tert-OH is 4. The Morgan fingerprint density at radius 3 is 2.49 bits per heavy atom. The Bertz CT molecular complexity index is 1210. The average molecular weight is 501 g/mol. The lowest BCUT2D eigenvalue weighted by molar-refractivity contribution is 0.00446. The van der Waals surface area contributed by atoms with Gasteiger partial charge in [-0.25, -0.2) is 9.97 Å². The zero-order valence-corrected chi connectivity index (χ0v) is 20.7. The van der Waals surface area contributed by atoms with Crippen LogP contribution in [0.2, 0.25) is 0 Å². The molecule has 0 spiro atoms. The smallest absolute Gasteiger partial charge is 0.225 e. The highest BCUT2D eigenvalue weighted by atomic mass is 32.1. The molecule has 188 valence electrons. The first-order chi connectivity index (χ1) is 16.9. The monoisotopic (exact) mass is 500 g/mol. The van der Waals surface area contributed by atoms with Gasteiger partial charge in [0.15, 0.2) is 0 Å². The largest absolute Gasteiger partial charge is 0.396 e. The minimum atomic E-state index is -1.05. The lowest BCUT2D eigenvalue weighted by Crippen LogP contribution is -2.37. The van der Waals surface area contributed by atoms with E-state index in [4.69, 9.17) is 15.0 Å². The van der Waals surface area contributed by atoms with Crippen molar-refractivity contribution in [1.29, 1.82) is 0 Å². The molecule has 0 bridgehead atoms. The molecule has 2 fully saturated rings. The van der Waals surface area contributed by atoms with Crippen molar-refractivity contribution < 1.29 is 20.4 Å². The molecule has 5 rings (SSSR count). The van der Waals surface area contributed by atoms with Crippen LogP contribution in [0.1, 0.15) is 43.5 Å². The second kappa shape index (κ2) is 9.90. The summed E-state index contributed by atoms with van der Waals surface area (Å²) < 4.78 is 1.00. The van der Waals surface area contributed by atoms with Gasteiger partial charge in [-0.05, 0) is 39.2 Å². The number of nitrogens with zero attached hydrogens (tertiary/aromatic N) is 4. The van der Waals surface area contributed by atoms with Crippen molar-refractivity contribution in [2.24, 2.45) is 5.92 Å². The second-order valence-corrected chi connectivity index (χ2v) is 10.7. The highest BCUT2D eigenvalue weighted by molar-refractivity contribution is 7.21. The average Bonchev–Trinajstić information content (AvgIpc) is 3.38. The van der Waals surface area contributed by atoms with Crippen LogP contribution in [0.15, 0.2) is 12.3 Å². The summed E-state index contributed by atoms with van der Waals surface area (Å²) in [5, 5.41) is 48.3. The van der Waals surface area contributed by atoms with Crippen LogP contribution < -0.4 is 10.6 Å². The van der Waals surface area contributed by atoms with Crippen LogP contribution in [-0.2, 0) is 0 Å². The molecule has 0 saturated heterocycles. The summed E-state index contributed by atoms with van der Waals surface area (Å²) in [5.41, 5.74) is 3.08. The van der Waals surface area contributed by atoms with E-state index in [-0.39, 0.29) is 12.6 Å². The van der Waals surface area contributed by atoms with Crippen LogP contribution in [0.4, 0.5) is 11.8 Å². The van der Waals surface area contributed by atoms with E-state index in [1.54, 1.807) is 6.20 Å². The molecule has 6 N–H and O–H groups in total. The second-order valence-electron chi connectivity index (χ2n) is 9.63. The minimum absolute atomic E-state index is 0.129. The van der Waals surface area contributed by atoms with Gasteiger partial charge in [-0.3, -0.25) is 4.98 Å². The molecule has 3 heterocycles. The third kappa shape index (κ3) is 4.70. The maximum Gasteiger partial charge on any atom is 0.225 e. The Hall–Kier alpha value is -2.44. The first-order valence-electron chi connectivity index (χ1n) is 12.1. The summed E-state index contributed by atoms with van der Waals surface area (Å²) >= 11 is 1.52. The van der Waals surface area contributed by atoms with Crippen LogP contribution >= 0.6 is 11.3 Å². The summed E-state index contributed by atoms with van der Waals surface area (Å²) in [6.07, 6.45) is 3.25. The molecule has 11 heteroatoms. The quantitative estimate of drug-likeness (QED) is 0.296. The van der Waals surface area contributed by atoms with E-state index in [1.807, 2.05) is 19.9 Å². The lowest BCUT2D eigenvalue weighted by Gasteiger charge is -2.29. The fraction of sp³-hybridized carbons (Fsp3) is 0.583. The Morgan fingerprint density at radius 2 is 1.77 bits per heavy atom. The predicted octanol–water partition coefficient (Wildman–Crippen LogP) is 2.00. The summed E-state index contributed by atoms with van der Waals surface area (Å²) in [6.45, 7) is 3.60. The number of pyridine rings is 1. The number of aromatic nitrogens is 4. The van der Waals surface area contributed by atoms with Crippen molar-refractivity contribution >= 4 is 33.3 Å². The van der Waals surface area contributed by atoms with Crippen molar-refractivity contribution in [2.45, 2.75) is 76.3 Å². The van der Waals surface area contributed by atoms with Gasteiger partial charge in [-0.15, -0.1) is 11.3 Å². The van der Waals surface area contributed by atoms with Crippen molar-refractivity contribution in [3.8, 4) is 10.6 Å². The topological polar surface area (TPSA) is 157 Å². The van der Waals surface area contributed by atoms with Gasteiger partial charge >= 0.3 is 0 Å². The van der Waals surface area contributed by atoms with Crippen molar-refractivity contribution in [2.75, 3.05) is 17.2 Å². The number of thiazole rings is 1. The Kier molecular flexibility index (Phi) is 6.86. The number of aliphatic hydroxyl groups is 4. The van der Waals surface area contributed by atoms with E-state index in [1.165, 1.54) is 11.3 Å². The normalized spacial score (nSPS) is 29.0. The van der Waals surface area contributed by atoms with Crippen LogP contribution in [-0.4, -0.2) is 77.4 Å². The third-order valence-corrected chi connectivity index (χ3v) is 8.23. The Balaban J connectivity index is 1.55. The number of anilines is 2. The van der Waals surface area contributed by atoms with Gasteiger partial charge in [0, 0.05) is 18.7 Å². The Morgan fingerprint density at radius 1 is 0.971 bits per heavy atom. The van der Waals surface area contributed by atoms with Gasteiger partial charge in [-0.2, -0.15) is 4.98 Å². The molecule has 0 unspecified atom stereocenters. The fourth-order valence-corrected chi connectivity index (χ4v) is 6.27. The third-order valence-electron chi connectivity index (χ3n) is 7.20. The van der Waals surface area contributed by atoms with Crippen LogP contribution in [0.3, 0.4) is 0 Å². The Labute approximate surface area is 207 Å². The van der Waals surface area contributed by atoms with Crippen LogP contribution in [0.25, 0.3) is 20.8 Å². The van der Waals surface area contributed by atoms with Crippen molar-refractivity contribution in [3.05, 3.63) is 23.7 Å². The fourth-order valence-electron chi connectivity index (χ4n) is 5.16. The lowest BCUT2D eigenvalue weighted by atomic mass is 9.93. The highest BCUT2D eigenvalue weighted by Gasteiger charge is 2.41. The summed E-state index contributed by atoms with van der Waals surface area (Å²) in [6, 6.07) is 1.30. The van der Waals surface area contributed by atoms with Gasteiger partial charge in [-0.1, -0.05) is 12.8 Å². The summed E-state index contributed by atoms with van der Waals surface area (Å²) in [7, 11) is 0. The first-order valence-corrected chi connectivity index (χ1v) is 13.0. The molecule has 0 aliphatic heterocycles. The predicted molar refractivity (Wildman–Crippen MR) is 134 cm³/mol. The van der Waals surface area contributed by atoms with Crippen molar-refractivity contribution in [3.63, 3.8) is 0 Å². The van der Waals surface area contributed by atoms with Gasteiger partial charge in [0.05, 0.1) is 45.9 Å². The van der Waals surface area contributed by atoms with Crippen molar-refractivity contribution in [1.82, 2.24) is 19.9 Å². The molecule has 3 aromatic heterocycles. The van der Waals surface area contributed by atoms with Gasteiger partial charge in [0.1, 0.15) is 22.4 Å².